The molecule has 1 saturated carbocycles. The Kier molecular flexibility index (Phi) is 4.35. The third kappa shape index (κ3) is 2.98. The number of nitrogens with one attached hydrogen (secondary N) is 1. The minimum atomic E-state index is -0.403. The summed E-state index contributed by atoms with van der Waals surface area (Å²) >= 11 is 0. The number of aliphatic hydroxyl groups excluding tert-OH is 1. The Morgan fingerprint density at radius 1 is 1.17 bits per heavy atom. The lowest BCUT2D eigenvalue weighted by Gasteiger charge is -2.35. The van der Waals surface area contributed by atoms with Crippen LogP contribution in [0.4, 0.5) is 0 Å². The highest BCUT2D eigenvalue weighted by Gasteiger charge is 2.58. The summed E-state index contributed by atoms with van der Waals surface area (Å²) in [7, 11) is 0. The van der Waals surface area contributed by atoms with Gasteiger partial charge in [0.1, 0.15) is 0 Å². The molecule has 1 aromatic rings. The summed E-state index contributed by atoms with van der Waals surface area (Å²) in [5.74, 6) is 0.920. The van der Waals surface area contributed by atoms with E-state index >= 15 is 0 Å². The predicted molar refractivity (Wildman–Crippen MR) is 93.3 cm³/mol. The van der Waals surface area contributed by atoms with Gasteiger partial charge < -0.3 is 15.3 Å². The molecule has 2 saturated heterocycles. The van der Waals surface area contributed by atoms with Crippen molar-refractivity contribution in [2.75, 3.05) is 26.2 Å². The van der Waals surface area contributed by atoms with E-state index in [1.165, 1.54) is 0 Å². The molecule has 0 bridgehead atoms. The molecule has 0 aromatic heterocycles. The molecule has 3 aliphatic rings. The lowest BCUT2D eigenvalue weighted by molar-refractivity contribution is -0.135. The number of nitrogens with zero attached hydrogens (tertiary/aromatic N) is 1. The molecule has 2 N–H and O–H groups in total. The Bertz CT molecular complexity index is 575. The molecular formula is C20H28N2O2. The number of carbonyl (C=O) groups is 1. The van der Waals surface area contributed by atoms with Crippen molar-refractivity contribution in [2.45, 2.75) is 38.2 Å². The fraction of sp³-hybridized carbons (Fsp3) is 0.650. The summed E-state index contributed by atoms with van der Waals surface area (Å²) in [6, 6.07) is 9.91. The molecular weight excluding hydrogens is 300 g/mol. The van der Waals surface area contributed by atoms with Crippen LogP contribution >= 0.6 is 0 Å². The third-order valence-corrected chi connectivity index (χ3v) is 6.53. The minimum absolute atomic E-state index is 0.267. The maximum Gasteiger partial charge on any atom is 0.226 e. The van der Waals surface area contributed by atoms with Gasteiger partial charge in [-0.2, -0.15) is 0 Å². The molecule has 130 valence electrons. The van der Waals surface area contributed by atoms with Gasteiger partial charge in [0.25, 0.3) is 0 Å². The maximum atomic E-state index is 12.8. The first-order valence-corrected chi connectivity index (χ1v) is 9.42. The van der Waals surface area contributed by atoms with E-state index in [4.69, 9.17) is 0 Å². The van der Waals surface area contributed by atoms with Gasteiger partial charge in [0.2, 0.25) is 5.91 Å². The normalized spacial score (nSPS) is 27.9. The van der Waals surface area contributed by atoms with Crippen molar-refractivity contribution in [1.82, 2.24) is 10.2 Å². The summed E-state index contributed by atoms with van der Waals surface area (Å²) in [5, 5.41) is 14.0. The number of amides is 1. The molecule has 4 nitrogen and oxygen atoms in total. The highest BCUT2D eigenvalue weighted by molar-refractivity contribution is 5.82. The zero-order valence-electron chi connectivity index (χ0n) is 14.3. The average molecular weight is 328 g/mol. The van der Waals surface area contributed by atoms with Crippen LogP contribution in [0.3, 0.4) is 0 Å². The first kappa shape index (κ1) is 16.1. The lowest BCUT2D eigenvalue weighted by Crippen LogP contribution is -2.42. The highest BCUT2D eigenvalue weighted by atomic mass is 16.3. The Balaban J connectivity index is 1.31. The van der Waals surface area contributed by atoms with Crippen LogP contribution in [-0.4, -0.2) is 42.1 Å². The predicted octanol–water partition coefficient (Wildman–Crippen LogP) is 2.35. The van der Waals surface area contributed by atoms with E-state index < -0.39 is 6.10 Å². The first-order valence-electron chi connectivity index (χ1n) is 9.42. The molecule has 4 heteroatoms. The van der Waals surface area contributed by atoms with Gasteiger partial charge in [0.15, 0.2) is 0 Å². The van der Waals surface area contributed by atoms with E-state index in [1.807, 2.05) is 30.3 Å². The van der Waals surface area contributed by atoms with Gasteiger partial charge >= 0.3 is 0 Å². The molecule has 1 aromatic carbocycles. The van der Waals surface area contributed by atoms with Gasteiger partial charge in [0.05, 0.1) is 6.10 Å². The van der Waals surface area contributed by atoms with Crippen molar-refractivity contribution in [1.29, 1.82) is 0 Å². The van der Waals surface area contributed by atoms with Gasteiger partial charge in [-0.25, -0.2) is 0 Å². The molecule has 0 radical (unpaired) electrons. The number of piperidine rings is 2. The van der Waals surface area contributed by atoms with Crippen molar-refractivity contribution >= 4 is 5.91 Å². The second-order valence-corrected chi connectivity index (χ2v) is 7.89. The second kappa shape index (κ2) is 6.49. The quantitative estimate of drug-likeness (QED) is 0.895. The Morgan fingerprint density at radius 3 is 2.50 bits per heavy atom. The topological polar surface area (TPSA) is 52.6 Å². The summed E-state index contributed by atoms with van der Waals surface area (Å²) in [4.78, 5) is 14.9. The van der Waals surface area contributed by atoms with Gasteiger partial charge in [-0.05, 0) is 62.1 Å². The van der Waals surface area contributed by atoms with Crippen LogP contribution in [0, 0.1) is 17.3 Å². The van der Waals surface area contributed by atoms with E-state index in [1.54, 1.807) is 0 Å². The van der Waals surface area contributed by atoms with Gasteiger partial charge in [-0.15, -0.1) is 0 Å². The van der Waals surface area contributed by atoms with Crippen molar-refractivity contribution in [3.63, 3.8) is 0 Å². The number of likely N-dealkylation sites (tertiary alicyclic amines) is 1. The SMILES string of the molecule is O=C(C1CC12CCNCC2)N1CCC(C(O)c2ccccc2)CC1. The van der Waals surface area contributed by atoms with Crippen LogP contribution in [0.1, 0.15) is 43.8 Å². The zero-order chi connectivity index (χ0) is 16.6. The molecule has 1 spiro atoms. The smallest absolute Gasteiger partial charge is 0.226 e. The largest absolute Gasteiger partial charge is 0.388 e. The van der Waals surface area contributed by atoms with Crippen LogP contribution in [0.5, 0.6) is 0 Å². The summed E-state index contributed by atoms with van der Waals surface area (Å²) in [6.07, 6.45) is 4.82. The van der Waals surface area contributed by atoms with E-state index in [-0.39, 0.29) is 11.8 Å². The van der Waals surface area contributed by atoms with Crippen molar-refractivity contribution in [3.8, 4) is 0 Å². The Morgan fingerprint density at radius 2 is 1.83 bits per heavy atom. The fourth-order valence-electron chi connectivity index (χ4n) is 4.75. The molecule has 24 heavy (non-hydrogen) atoms. The molecule has 2 aliphatic heterocycles. The lowest BCUT2D eigenvalue weighted by atomic mass is 9.87. The number of carbonyl (C=O) groups excluding carboxylic acids is 1. The van der Waals surface area contributed by atoms with Crippen LogP contribution in [0.2, 0.25) is 0 Å². The van der Waals surface area contributed by atoms with Gasteiger partial charge in [0, 0.05) is 19.0 Å². The van der Waals surface area contributed by atoms with E-state index in [9.17, 15) is 9.90 Å². The summed E-state index contributed by atoms with van der Waals surface area (Å²) < 4.78 is 0. The van der Waals surface area contributed by atoms with Crippen molar-refractivity contribution < 1.29 is 9.90 Å². The van der Waals surface area contributed by atoms with E-state index in [0.717, 1.165) is 63.8 Å². The maximum absolute atomic E-state index is 12.8. The zero-order valence-corrected chi connectivity index (χ0v) is 14.3. The molecule has 1 amide bonds. The van der Waals surface area contributed by atoms with E-state index in [0.29, 0.717) is 11.3 Å². The van der Waals surface area contributed by atoms with Crippen LogP contribution in [0.25, 0.3) is 0 Å². The molecule has 4 rings (SSSR count). The molecule has 2 atom stereocenters. The molecule has 2 heterocycles. The number of benzene rings is 1. The number of hydrogen-bond acceptors (Lipinski definition) is 3. The highest BCUT2D eigenvalue weighted by Crippen LogP contribution is 2.59. The second-order valence-electron chi connectivity index (χ2n) is 7.89. The van der Waals surface area contributed by atoms with Crippen LogP contribution in [0.15, 0.2) is 30.3 Å². The van der Waals surface area contributed by atoms with Crippen LogP contribution in [-0.2, 0) is 4.79 Å². The van der Waals surface area contributed by atoms with Crippen molar-refractivity contribution in [3.05, 3.63) is 35.9 Å². The standard InChI is InChI=1S/C20H28N2O2/c23-18(15-4-2-1-3-5-15)16-6-12-22(13-7-16)19(24)17-14-20(17)8-10-21-11-9-20/h1-5,16-18,21,23H,6-14H2. The molecule has 1 aliphatic carbocycles. The average Bonchev–Trinajstić information content (AvgIpc) is 3.34. The summed E-state index contributed by atoms with van der Waals surface area (Å²) in [5.41, 5.74) is 1.32. The van der Waals surface area contributed by atoms with E-state index in [2.05, 4.69) is 10.2 Å². The fourth-order valence-corrected chi connectivity index (χ4v) is 4.75. The number of aliphatic hydroxyl groups is 1. The Labute approximate surface area is 144 Å². The first-order chi connectivity index (χ1) is 11.7. The monoisotopic (exact) mass is 328 g/mol. The van der Waals surface area contributed by atoms with Gasteiger partial charge in [-0.3, -0.25) is 4.79 Å². The molecule has 2 unspecified atom stereocenters. The van der Waals surface area contributed by atoms with Gasteiger partial charge in [-0.1, -0.05) is 30.3 Å². The number of hydrogen-bond donors (Lipinski definition) is 2. The van der Waals surface area contributed by atoms with Crippen molar-refractivity contribution in [2.24, 2.45) is 17.3 Å². The number of rotatable bonds is 3. The van der Waals surface area contributed by atoms with Crippen LogP contribution < -0.4 is 5.32 Å². The summed E-state index contributed by atoms with van der Waals surface area (Å²) in [6.45, 7) is 3.74. The Hall–Kier alpha value is -1.39. The minimum Gasteiger partial charge on any atom is -0.388 e. The molecule has 3 fully saturated rings. The third-order valence-electron chi connectivity index (χ3n) is 6.53.